The first kappa shape index (κ1) is 15.5. The molecule has 0 spiro atoms. The summed E-state index contributed by atoms with van der Waals surface area (Å²) in [4.78, 5) is 11.5. The van der Waals surface area contributed by atoms with Crippen molar-refractivity contribution in [3.8, 4) is 0 Å². The monoisotopic (exact) mass is 250 g/mol. The SMILES string of the molecule is CCS(=O)CCNC(C)C(=O)NCCOC. The highest BCUT2D eigenvalue weighted by atomic mass is 32.2. The van der Waals surface area contributed by atoms with Crippen LogP contribution >= 0.6 is 0 Å². The number of hydrogen-bond acceptors (Lipinski definition) is 4. The van der Waals surface area contributed by atoms with Crippen molar-refractivity contribution in [1.29, 1.82) is 0 Å². The fourth-order valence-electron chi connectivity index (χ4n) is 1.06. The van der Waals surface area contributed by atoms with Crippen molar-refractivity contribution in [2.45, 2.75) is 19.9 Å². The zero-order valence-corrected chi connectivity index (χ0v) is 11.1. The first-order valence-electron chi connectivity index (χ1n) is 5.46. The third-order valence-corrected chi connectivity index (χ3v) is 3.40. The van der Waals surface area contributed by atoms with Crippen LogP contribution in [0.2, 0.25) is 0 Å². The van der Waals surface area contributed by atoms with Gasteiger partial charge in [-0.1, -0.05) is 6.92 Å². The number of carbonyl (C=O) groups excluding carboxylic acids is 1. The summed E-state index contributed by atoms with van der Waals surface area (Å²) >= 11 is 0. The van der Waals surface area contributed by atoms with Crippen molar-refractivity contribution >= 4 is 16.7 Å². The molecule has 6 heteroatoms. The predicted molar refractivity (Wildman–Crippen MR) is 65.9 cm³/mol. The molecule has 0 fully saturated rings. The molecular formula is C10H22N2O3S. The van der Waals surface area contributed by atoms with E-state index in [2.05, 4.69) is 10.6 Å². The van der Waals surface area contributed by atoms with Crippen LogP contribution in [0.4, 0.5) is 0 Å². The van der Waals surface area contributed by atoms with E-state index in [4.69, 9.17) is 4.74 Å². The first-order chi connectivity index (χ1) is 7.61. The van der Waals surface area contributed by atoms with Gasteiger partial charge in [0, 0.05) is 42.5 Å². The van der Waals surface area contributed by atoms with Gasteiger partial charge in [-0.3, -0.25) is 9.00 Å². The van der Waals surface area contributed by atoms with Gasteiger partial charge in [0.15, 0.2) is 0 Å². The number of amides is 1. The summed E-state index contributed by atoms with van der Waals surface area (Å²) < 4.78 is 16.0. The van der Waals surface area contributed by atoms with Crippen molar-refractivity contribution in [1.82, 2.24) is 10.6 Å². The highest BCUT2D eigenvalue weighted by Crippen LogP contribution is 1.84. The zero-order chi connectivity index (χ0) is 12.4. The van der Waals surface area contributed by atoms with E-state index in [-0.39, 0.29) is 11.9 Å². The smallest absolute Gasteiger partial charge is 0.236 e. The lowest BCUT2D eigenvalue weighted by Gasteiger charge is -2.13. The molecule has 96 valence electrons. The Morgan fingerprint density at radius 1 is 1.44 bits per heavy atom. The van der Waals surface area contributed by atoms with Crippen molar-refractivity contribution in [3.05, 3.63) is 0 Å². The van der Waals surface area contributed by atoms with E-state index in [0.717, 1.165) is 0 Å². The zero-order valence-electron chi connectivity index (χ0n) is 10.2. The Kier molecular flexibility index (Phi) is 9.46. The van der Waals surface area contributed by atoms with Crippen molar-refractivity contribution in [2.75, 3.05) is 38.3 Å². The Morgan fingerprint density at radius 3 is 2.69 bits per heavy atom. The average Bonchev–Trinajstić information content (AvgIpc) is 2.28. The number of nitrogens with one attached hydrogen (secondary N) is 2. The van der Waals surface area contributed by atoms with Gasteiger partial charge < -0.3 is 15.4 Å². The van der Waals surface area contributed by atoms with Crippen LogP contribution in [0.5, 0.6) is 0 Å². The van der Waals surface area contributed by atoms with Gasteiger partial charge in [0.2, 0.25) is 5.91 Å². The lowest BCUT2D eigenvalue weighted by Crippen LogP contribution is -2.44. The quantitative estimate of drug-likeness (QED) is 0.541. The fraction of sp³-hybridized carbons (Fsp3) is 0.900. The van der Waals surface area contributed by atoms with Crippen LogP contribution < -0.4 is 10.6 Å². The molecule has 5 nitrogen and oxygen atoms in total. The molecular weight excluding hydrogens is 228 g/mol. The molecule has 16 heavy (non-hydrogen) atoms. The maximum Gasteiger partial charge on any atom is 0.236 e. The summed E-state index contributed by atoms with van der Waals surface area (Å²) in [6, 6.07) is -0.259. The molecule has 0 aromatic rings. The Bertz CT molecular complexity index is 224. The van der Waals surface area contributed by atoms with Crippen LogP contribution in [-0.4, -0.2) is 54.5 Å². The molecule has 2 atom stereocenters. The highest BCUT2D eigenvalue weighted by molar-refractivity contribution is 7.84. The second-order valence-corrected chi connectivity index (χ2v) is 5.26. The van der Waals surface area contributed by atoms with Gasteiger partial charge in [0.1, 0.15) is 0 Å². The molecule has 0 aliphatic heterocycles. The van der Waals surface area contributed by atoms with Gasteiger partial charge in [0.05, 0.1) is 12.6 Å². The van der Waals surface area contributed by atoms with E-state index in [9.17, 15) is 9.00 Å². The maximum atomic E-state index is 11.5. The average molecular weight is 250 g/mol. The number of rotatable bonds is 9. The Morgan fingerprint density at radius 2 is 2.12 bits per heavy atom. The third-order valence-electron chi connectivity index (χ3n) is 2.10. The van der Waals surface area contributed by atoms with E-state index >= 15 is 0 Å². The molecule has 1 amide bonds. The molecule has 0 radical (unpaired) electrons. The van der Waals surface area contributed by atoms with Gasteiger partial charge in [-0.25, -0.2) is 0 Å². The molecule has 0 saturated heterocycles. The minimum Gasteiger partial charge on any atom is -0.383 e. The fourth-order valence-corrected chi connectivity index (χ4v) is 1.69. The number of ether oxygens (including phenoxy) is 1. The highest BCUT2D eigenvalue weighted by Gasteiger charge is 2.10. The van der Waals surface area contributed by atoms with Crippen LogP contribution in [-0.2, 0) is 20.3 Å². The molecule has 0 aromatic carbocycles. The lowest BCUT2D eigenvalue weighted by molar-refractivity contribution is -0.122. The van der Waals surface area contributed by atoms with Crippen LogP contribution in [0.15, 0.2) is 0 Å². The Labute approximate surface area is 99.8 Å². The number of methoxy groups -OCH3 is 1. The number of carbonyl (C=O) groups is 1. The van der Waals surface area contributed by atoms with Crippen LogP contribution in [0, 0.1) is 0 Å². The second kappa shape index (κ2) is 9.74. The molecule has 0 rings (SSSR count). The van der Waals surface area contributed by atoms with Crippen LogP contribution in [0.3, 0.4) is 0 Å². The van der Waals surface area contributed by atoms with Gasteiger partial charge in [-0.05, 0) is 6.92 Å². The predicted octanol–water partition coefficient (Wildman–Crippen LogP) is -0.504. The molecule has 0 bridgehead atoms. The standard InChI is InChI=1S/C10H22N2O3S/c1-4-16(14)8-6-11-9(2)10(13)12-5-7-15-3/h9,11H,4-8H2,1-3H3,(H,12,13). The maximum absolute atomic E-state index is 11.5. The summed E-state index contributed by atoms with van der Waals surface area (Å²) in [7, 11) is 0.814. The molecule has 2 N–H and O–H groups in total. The minimum absolute atomic E-state index is 0.0562. The summed E-state index contributed by atoms with van der Waals surface area (Å²) in [6.07, 6.45) is 0. The molecule has 0 aliphatic rings. The summed E-state index contributed by atoms with van der Waals surface area (Å²) in [6.45, 7) is 5.30. The molecule has 0 heterocycles. The topological polar surface area (TPSA) is 67.4 Å². The normalized spacial score (nSPS) is 14.4. The third kappa shape index (κ3) is 7.78. The van der Waals surface area contributed by atoms with Crippen molar-refractivity contribution in [3.63, 3.8) is 0 Å². The second-order valence-electron chi connectivity index (χ2n) is 3.39. The van der Waals surface area contributed by atoms with Crippen molar-refractivity contribution < 1.29 is 13.7 Å². The van der Waals surface area contributed by atoms with Gasteiger partial charge >= 0.3 is 0 Å². The van der Waals surface area contributed by atoms with E-state index in [1.54, 1.807) is 14.0 Å². The minimum atomic E-state index is -0.778. The lowest BCUT2D eigenvalue weighted by atomic mass is 10.3. The molecule has 0 aromatic heterocycles. The van der Waals surface area contributed by atoms with Crippen molar-refractivity contribution in [2.24, 2.45) is 0 Å². The summed E-state index contributed by atoms with van der Waals surface area (Å²) in [5.41, 5.74) is 0. The number of hydrogen-bond donors (Lipinski definition) is 2. The van der Waals surface area contributed by atoms with Gasteiger partial charge in [-0.15, -0.1) is 0 Å². The molecule has 0 aliphatic carbocycles. The Balaban J connectivity index is 3.58. The first-order valence-corrected chi connectivity index (χ1v) is 6.95. The Hall–Kier alpha value is -0.460. The van der Waals surface area contributed by atoms with E-state index in [1.807, 2.05) is 6.92 Å². The van der Waals surface area contributed by atoms with E-state index in [1.165, 1.54) is 0 Å². The molecule has 0 saturated carbocycles. The molecule has 2 unspecified atom stereocenters. The summed E-state index contributed by atoms with van der Waals surface area (Å²) in [5, 5.41) is 5.76. The van der Waals surface area contributed by atoms with E-state index in [0.29, 0.717) is 31.2 Å². The van der Waals surface area contributed by atoms with Crippen LogP contribution in [0.1, 0.15) is 13.8 Å². The summed E-state index contributed by atoms with van der Waals surface area (Å²) in [5.74, 6) is 1.20. The van der Waals surface area contributed by atoms with Gasteiger partial charge in [0.25, 0.3) is 0 Å². The van der Waals surface area contributed by atoms with Gasteiger partial charge in [-0.2, -0.15) is 0 Å². The largest absolute Gasteiger partial charge is 0.383 e. The van der Waals surface area contributed by atoms with Crippen LogP contribution in [0.25, 0.3) is 0 Å². The van der Waals surface area contributed by atoms with E-state index < -0.39 is 10.8 Å².